The lowest BCUT2D eigenvalue weighted by Gasteiger charge is -2.18. The molecule has 0 spiro atoms. The van der Waals surface area contributed by atoms with Crippen LogP contribution in [0.15, 0.2) is 85.1 Å². The third-order valence-corrected chi connectivity index (χ3v) is 13.1. The Morgan fingerprint density at radius 3 is 0.861 bits per heavy atom. The number of hydrogen-bond acceptors (Lipinski definition) is 6. The monoisotopic (exact) mass is 1000 g/mol. The molecule has 0 aliphatic heterocycles. The quantitative estimate of drug-likeness (QED) is 0.0261. The minimum Gasteiger partial charge on any atom is -0.462 e. The van der Waals surface area contributed by atoms with Gasteiger partial charge in [0, 0.05) is 19.3 Å². The second kappa shape index (κ2) is 60.1. The number of carbonyl (C=O) groups excluding carboxylic acids is 3. The van der Waals surface area contributed by atoms with Gasteiger partial charge in [0.15, 0.2) is 6.10 Å². The van der Waals surface area contributed by atoms with Crippen LogP contribution in [0.1, 0.15) is 297 Å². The van der Waals surface area contributed by atoms with Crippen molar-refractivity contribution >= 4 is 17.9 Å². The molecule has 0 rings (SSSR count). The Morgan fingerprint density at radius 2 is 0.542 bits per heavy atom. The van der Waals surface area contributed by atoms with Gasteiger partial charge in [-0.3, -0.25) is 14.4 Å². The van der Waals surface area contributed by atoms with Crippen molar-refractivity contribution in [1.29, 1.82) is 0 Å². The molecule has 414 valence electrons. The van der Waals surface area contributed by atoms with Crippen LogP contribution in [0, 0.1) is 0 Å². The predicted molar refractivity (Wildman–Crippen MR) is 311 cm³/mol. The molecule has 0 amide bonds. The van der Waals surface area contributed by atoms with E-state index in [1.165, 1.54) is 148 Å². The van der Waals surface area contributed by atoms with E-state index in [-0.39, 0.29) is 31.1 Å². The highest BCUT2D eigenvalue weighted by Gasteiger charge is 2.19. The van der Waals surface area contributed by atoms with Gasteiger partial charge < -0.3 is 14.2 Å². The van der Waals surface area contributed by atoms with E-state index in [0.29, 0.717) is 19.3 Å². The Labute approximate surface area is 445 Å². The molecule has 0 saturated carbocycles. The van der Waals surface area contributed by atoms with E-state index < -0.39 is 6.10 Å². The summed E-state index contributed by atoms with van der Waals surface area (Å²) in [5.41, 5.74) is 0. The summed E-state index contributed by atoms with van der Waals surface area (Å²) in [6.45, 7) is 6.52. The minimum atomic E-state index is -0.782. The van der Waals surface area contributed by atoms with Crippen LogP contribution in [-0.2, 0) is 28.6 Å². The van der Waals surface area contributed by atoms with Gasteiger partial charge in [-0.05, 0) is 96.3 Å². The number of carbonyl (C=O) groups is 3. The van der Waals surface area contributed by atoms with Crippen molar-refractivity contribution in [3.05, 3.63) is 85.1 Å². The van der Waals surface area contributed by atoms with Gasteiger partial charge in [0.2, 0.25) is 0 Å². The number of ether oxygens (including phenoxy) is 3. The smallest absolute Gasteiger partial charge is 0.306 e. The van der Waals surface area contributed by atoms with Gasteiger partial charge in [0.1, 0.15) is 13.2 Å². The lowest BCUT2D eigenvalue weighted by molar-refractivity contribution is -0.167. The number of hydrogen-bond donors (Lipinski definition) is 0. The molecule has 0 radical (unpaired) electrons. The minimum absolute atomic E-state index is 0.0797. The molecule has 0 fully saturated rings. The molecule has 0 aliphatic rings. The second-order valence-electron chi connectivity index (χ2n) is 20.2. The zero-order valence-electron chi connectivity index (χ0n) is 47.4. The average molecular weight is 1000 g/mol. The molecular weight excluding hydrogens is 889 g/mol. The molecule has 0 aliphatic carbocycles. The van der Waals surface area contributed by atoms with E-state index in [4.69, 9.17) is 14.2 Å². The van der Waals surface area contributed by atoms with Gasteiger partial charge in [-0.2, -0.15) is 0 Å². The lowest BCUT2D eigenvalue weighted by atomic mass is 10.1. The number of rotatable bonds is 55. The summed E-state index contributed by atoms with van der Waals surface area (Å²) in [4.78, 5) is 38.2. The normalized spacial score (nSPS) is 12.7. The topological polar surface area (TPSA) is 78.9 Å². The summed E-state index contributed by atoms with van der Waals surface area (Å²) in [6, 6.07) is 0. The maximum absolute atomic E-state index is 12.9. The van der Waals surface area contributed by atoms with E-state index in [9.17, 15) is 14.4 Å². The van der Waals surface area contributed by atoms with Crippen LogP contribution in [0.5, 0.6) is 0 Å². The van der Waals surface area contributed by atoms with E-state index in [1.807, 2.05) is 0 Å². The van der Waals surface area contributed by atoms with Gasteiger partial charge in [-0.1, -0.05) is 266 Å². The largest absolute Gasteiger partial charge is 0.462 e. The number of unbranched alkanes of at least 4 members (excludes halogenated alkanes) is 30. The molecule has 0 saturated heterocycles. The summed E-state index contributed by atoms with van der Waals surface area (Å²) in [5, 5.41) is 0. The van der Waals surface area contributed by atoms with Gasteiger partial charge in [-0.25, -0.2) is 0 Å². The molecule has 0 N–H and O–H groups in total. The standard InChI is InChI=1S/C66H114O6/c1-4-7-10-13-16-19-22-24-26-28-30-31-32-33-34-35-37-38-40-42-44-47-50-53-56-59-65(68)71-62-63(61-70-64(67)58-55-52-49-46-21-18-15-12-9-6-3)72-66(69)60-57-54-51-48-45-43-41-39-36-29-27-25-23-20-17-14-11-8-5-2/h7,10,16,19,24-27,30-31,33-34,37-38,63H,4-6,8-9,11-15,17-18,20-23,28-29,32,35-36,39-62H2,1-3H3/b10-7-,19-16-,26-24-,27-25-,31-30-,34-33-,38-37-. The van der Waals surface area contributed by atoms with E-state index in [0.717, 1.165) is 109 Å². The van der Waals surface area contributed by atoms with Gasteiger partial charge in [0.25, 0.3) is 0 Å². The van der Waals surface area contributed by atoms with Crippen molar-refractivity contribution in [2.75, 3.05) is 13.2 Å². The fourth-order valence-electron chi connectivity index (χ4n) is 8.56. The molecule has 0 aromatic rings. The molecule has 0 aromatic heterocycles. The van der Waals surface area contributed by atoms with Crippen LogP contribution < -0.4 is 0 Å². The highest BCUT2D eigenvalue weighted by Crippen LogP contribution is 2.16. The fraction of sp³-hybridized carbons (Fsp3) is 0.742. The first-order valence-corrected chi connectivity index (χ1v) is 30.6. The van der Waals surface area contributed by atoms with Crippen molar-refractivity contribution in [1.82, 2.24) is 0 Å². The third kappa shape index (κ3) is 57.5. The van der Waals surface area contributed by atoms with Gasteiger partial charge >= 0.3 is 17.9 Å². The SMILES string of the molecule is CC/C=C\C/C=C\C/C=C\C/C=C\C/C=C\C/C=C\CCCCCCCCC(=O)OCC(COC(=O)CCCCCCCCCCCC)OC(=O)CCCCCCCCCCC/C=C\CCCCCCCC. The number of esters is 3. The fourth-order valence-corrected chi connectivity index (χ4v) is 8.56. The summed E-state index contributed by atoms with van der Waals surface area (Å²) < 4.78 is 16.9. The third-order valence-electron chi connectivity index (χ3n) is 13.1. The van der Waals surface area contributed by atoms with Gasteiger partial charge in [-0.15, -0.1) is 0 Å². The Hall–Kier alpha value is -3.41. The molecule has 6 nitrogen and oxygen atoms in total. The maximum atomic E-state index is 12.9. The van der Waals surface area contributed by atoms with Crippen molar-refractivity contribution in [3.63, 3.8) is 0 Å². The van der Waals surface area contributed by atoms with Crippen LogP contribution in [0.4, 0.5) is 0 Å². The van der Waals surface area contributed by atoms with Crippen LogP contribution >= 0.6 is 0 Å². The first-order valence-electron chi connectivity index (χ1n) is 30.6. The second-order valence-corrected chi connectivity index (χ2v) is 20.2. The highest BCUT2D eigenvalue weighted by atomic mass is 16.6. The van der Waals surface area contributed by atoms with Crippen LogP contribution in [0.3, 0.4) is 0 Å². The van der Waals surface area contributed by atoms with Crippen molar-refractivity contribution in [2.24, 2.45) is 0 Å². The molecule has 0 bridgehead atoms. The van der Waals surface area contributed by atoms with Gasteiger partial charge in [0.05, 0.1) is 0 Å². The molecule has 0 aromatic carbocycles. The Bertz CT molecular complexity index is 1380. The Kier molecular flexibility index (Phi) is 57.3. The molecule has 1 atom stereocenters. The average Bonchev–Trinajstić information content (AvgIpc) is 3.38. The Balaban J connectivity index is 4.31. The summed E-state index contributed by atoms with van der Waals surface area (Å²) in [7, 11) is 0. The maximum Gasteiger partial charge on any atom is 0.306 e. The van der Waals surface area contributed by atoms with E-state index in [2.05, 4.69) is 106 Å². The number of allylic oxidation sites excluding steroid dienone is 14. The molecule has 72 heavy (non-hydrogen) atoms. The lowest BCUT2D eigenvalue weighted by Crippen LogP contribution is -2.30. The summed E-state index contributed by atoms with van der Waals surface area (Å²) in [5.74, 6) is -0.889. The first-order chi connectivity index (χ1) is 35.5. The summed E-state index contributed by atoms with van der Waals surface area (Å²) in [6.07, 6.45) is 78.7. The summed E-state index contributed by atoms with van der Waals surface area (Å²) >= 11 is 0. The predicted octanol–water partition coefficient (Wildman–Crippen LogP) is 20.7. The molecule has 6 heteroatoms. The van der Waals surface area contributed by atoms with E-state index in [1.54, 1.807) is 0 Å². The molecular formula is C66H114O6. The zero-order chi connectivity index (χ0) is 52.2. The van der Waals surface area contributed by atoms with Crippen molar-refractivity contribution in [3.8, 4) is 0 Å². The Morgan fingerprint density at radius 1 is 0.292 bits per heavy atom. The van der Waals surface area contributed by atoms with Crippen molar-refractivity contribution in [2.45, 2.75) is 303 Å². The van der Waals surface area contributed by atoms with Crippen LogP contribution in [-0.4, -0.2) is 37.2 Å². The van der Waals surface area contributed by atoms with Crippen molar-refractivity contribution < 1.29 is 28.6 Å². The van der Waals surface area contributed by atoms with Crippen LogP contribution in [0.2, 0.25) is 0 Å². The van der Waals surface area contributed by atoms with Crippen LogP contribution in [0.25, 0.3) is 0 Å². The first kappa shape index (κ1) is 68.6. The molecule has 1 unspecified atom stereocenters. The zero-order valence-corrected chi connectivity index (χ0v) is 47.4. The van der Waals surface area contributed by atoms with E-state index >= 15 is 0 Å². The highest BCUT2D eigenvalue weighted by molar-refractivity contribution is 5.71. The molecule has 0 heterocycles.